The molecule has 0 amide bonds. The van der Waals surface area contributed by atoms with Crippen molar-refractivity contribution in [2.45, 2.75) is 25.3 Å². The van der Waals surface area contributed by atoms with Crippen LogP contribution < -0.4 is 5.73 Å². The fourth-order valence-electron chi connectivity index (χ4n) is 2.30. The van der Waals surface area contributed by atoms with E-state index in [-0.39, 0.29) is 11.8 Å². The molecule has 15 heavy (non-hydrogen) atoms. The first kappa shape index (κ1) is 8.80. The molecule has 1 aromatic heterocycles. The SMILES string of the molecule is NC1CCc2cc3c(O)coc3cc2C1. The summed E-state index contributed by atoms with van der Waals surface area (Å²) in [5.74, 6) is 0.225. The Labute approximate surface area is 87.5 Å². The summed E-state index contributed by atoms with van der Waals surface area (Å²) in [4.78, 5) is 0. The van der Waals surface area contributed by atoms with Gasteiger partial charge in [0.15, 0.2) is 5.75 Å². The number of fused-ring (bicyclic) bond motifs is 2. The fourth-order valence-corrected chi connectivity index (χ4v) is 2.30. The summed E-state index contributed by atoms with van der Waals surface area (Å²) in [6.07, 6.45) is 4.32. The van der Waals surface area contributed by atoms with Crippen molar-refractivity contribution in [3.8, 4) is 5.75 Å². The highest BCUT2D eigenvalue weighted by Gasteiger charge is 2.17. The highest BCUT2D eigenvalue weighted by molar-refractivity contribution is 5.85. The number of aromatic hydroxyl groups is 1. The molecule has 1 unspecified atom stereocenters. The lowest BCUT2D eigenvalue weighted by Crippen LogP contribution is -2.27. The van der Waals surface area contributed by atoms with Crippen molar-refractivity contribution in [1.82, 2.24) is 0 Å². The smallest absolute Gasteiger partial charge is 0.161 e. The van der Waals surface area contributed by atoms with Gasteiger partial charge in [0, 0.05) is 6.04 Å². The van der Waals surface area contributed by atoms with Crippen molar-refractivity contribution in [3.05, 3.63) is 29.5 Å². The van der Waals surface area contributed by atoms with E-state index >= 15 is 0 Å². The predicted octanol–water partition coefficient (Wildman–Crippen LogP) is 1.95. The van der Waals surface area contributed by atoms with Crippen molar-refractivity contribution in [2.24, 2.45) is 5.73 Å². The normalized spacial score (nSPS) is 20.5. The summed E-state index contributed by atoms with van der Waals surface area (Å²) in [6, 6.07) is 4.29. The fraction of sp³-hybridized carbons (Fsp3) is 0.333. The van der Waals surface area contributed by atoms with Gasteiger partial charge in [-0.2, -0.15) is 0 Å². The van der Waals surface area contributed by atoms with E-state index in [0.717, 1.165) is 30.2 Å². The van der Waals surface area contributed by atoms with Crippen LogP contribution in [0.2, 0.25) is 0 Å². The van der Waals surface area contributed by atoms with Crippen LogP contribution in [0.15, 0.2) is 22.8 Å². The van der Waals surface area contributed by atoms with Crippen LogP contribution in [0.25, 0.3) is 11.0 Å². The Bertz CT molecular complexity index is 516. The van der Waals surface area contributed by atoms with Gasteiger partial charge in [-0.3, -0.25) is 0 Å². The molecule has 0 saturated carbocycles. The Morgan fingerprint density at radius 3 is 3.07 bits per heavy atom. The maximum absolute atomic E-state index is 9.55. The van der Waals surface area contributed by atoms with Crippen molar-refractivity contribution < 1.29 is 9.52 Å². The second-order valence-electron chi connectivity index (χ2n) is 4.24. The van der Waals surface area contributed by atoms with Gasteiger partial charge in [0.2, 0.25) is 0 Å². The van der Waals surface area contributed by atoms with E-state index in [0.29, 0.717) is 0 Å². The molecule has 2 aromatic rings. The second kappa shape index (κ2) is 3.00. The molecular formula is C12H13NO2. The van der Waals surface area contributed by atoms with E-state index in [1.54, 1.807) is 0 Å². The second-order valence-corrected chi connectivity index (χ2v) is 4.24. The number of benzene rings is 1. The molecule has 1 heterocycles. The third-order valence-corrected chi connectivity index (χ3v) is 3.14. The summed E-state index contributed by atoms with van der Waals surface area (Å²) in [7, 11) is 0. The molecule has 0 radical (unpaired) electrons. The van der Waals surface area contributed by atoms with Gasteiger partial charge in [0.25, 0.3) is 0 Å². The predicted molar refractivity (Wildman–Crippen MR) is 57.9 cm³/mol. The summed E-state index contributed by atoms with van der Waals surface area (Å²) in [5, 5.41) is 10.4. The third-order valence-electron chi connectivity index (χ3n) is 3.14. The summed E-state index contributed by atoms with van der Waals surface area (Å²) in [5.41, 5.74) is 9.22. The summed E-state index contributed by atoms with van der Waals surface area (Å²) in [6.45, 7) is 0. The lowest BCUT2D eigenvalue weighted by atomic mass is 9.88. The number of hydrogen-bond acceptors (Lipinski definition) is 3. The molecule has 1 aliphatic carbocycles. The molecule has 3 N–H and O–H groups in total. The number of aryl methyl sites for hydroxylation is 1. The third kappa shape index (κ3) is 1.31. The number of rotatable bonds is 0. The maximum Gasteiger partial charge on any atom is 0.161 e. The van der Waals surface area contributed by atoms with E-state index in [2.05, 4.69) is 0 Å². The Hall–Kier alpha value is -1.48. The molecule has 78 valence electrons. The molecule has 3 heteroatoms. The first-order valence-corrected chi connectivity index (χ1v) is 5.21. The van der Waals surface area contributed by atoms with Crippen molar-refractivity contribution >= 4 is 11.0 Å². The van der Waals surface area contributed by atoms with Crippen LogP contribution in [0.5, 0.6) is 5.75 Å². The van der Waals surface area contributed by atoms with Crippen LogP contribution in [0.4, 0.5) is 0 Å². The monoisotopic (exact) mass is 203 g/mol. The molecule has 3 rings (SSSR count). The average molecular weight is 203 g/mol. The van der Waals surface area contributed by atoms with E-state index in [1.807, 2.05) is 12.1 Å². The minimum absolute atomic E-state index is 0.225. The molecule has 1 aromatic carbocycles. The summed E-state index contributed by atoms with van der Waals surface area (Å²) < 4.78 is 5.26. The Balaban J connectivity index is 2.21. The van der Waals surface area contributed by atoms with Gasteiger partial charge in [-0.15, -0.1) is 0 Å². The molecule has 0 saturated heterocycles. The van der Waals surface area contributed by atoms with Gasteiger partial charge in [-0.1, -0.05) is 0 Å². The molecular weight excluding hydrogens is 190 g/mol. The minimum Gasteiger partial charge on any atom is -0.504 e. The number of hydrogen-bond donors (Lipinski definition) is 2. The van der Waals surface area contributed by atoms with Crippen molar-refractivity contribution in [2.75, 3.05) is 0 Å². The van der Waals surface area contributed by atoms with Crippen LogP contribution in [-0.4, -0.2) is 11.1 Å². The maximum atomic E-state index is 9.55. The van der Waals surface area contributed by atoms with Gasteiger partial charge in [0.1, 0.15) is 11.8 Å². The minimum atomic E-state index is 0.225. The zero-order valence-corrected chi connectivity index (χ0v) is 8.36. The molecule has 0 spiro atoms. The van der Waals surface area contributed by atoms with Gasteiger partial charge in [0.05, 0.1) is 5.39 Å². The average Bonchev–Trinajstić information content (AvgIpc) is 2.57. The van der Waals surface area contributed by atoms with Crippen LogP contribution in [0.3, 0.4) is 0 Å². The quantitative estimate of drug-likeness (QED) is 0.688. The van der Waals surface area contributed by atoms with Crippen LogP contribution >= 0.6 is 0 Å². The Kier molecular flexibility index (Phi) is 1.76. The van der Waals surface area contributed by atoms with E-state index in [1.165, 1.54) is 17.4 Å². The molecule has 0 fully saturated rings. The molecule has 1 aliphatic rings. The van der Waals surface area contributed by atoms with Gasteiger partial charge in [-0.05, 0) is 42.5 Å². The molecule has 0 aliphatic heterocycles. The lowest BCUT2D eigenvalue weighted by molar-refractivity contribution is 0.464. The largest absolute Gasteiger partial charge is 0.504 e. The highest BCUT2D eigenvalue weighted by atomic mass is 16.4. The summed E-state index contributed by atoms with van der Waals surface area (Å²) >= 11 is 0. The standard InChI is InChI=1S/C12H13NO2/c13-9-2-1-7-4-10-11(14)6-15-12(10)5-8(7)3-9/h4-6,9,14H,1-3,13H2. The first-order valence-electron chi connectivity index (χ1n) is 5.21. The van der Waals surface area contributed by atoms with Crippen molar-refractivity contribution in [3.63, 3.8) is 0 Å². The van der Waals surface area contributed by atoms with Crippen LogP contribution in [-0.2, 0) is 12.8 Å². The first-order chi connectivity index (χ1) is 7.24. The molecule has 0 bridgehead atoms. The van der Waals surface area contributed by atoms with Gasteiger partial charge < -0.3 is 15.3 Å². The molecule has 1 atom stereocenters. The van der Waals surface area contributed by atoms with E-state index in [9.17, 15) is 5.11 Å². The van der Waals surface area contributed by atoms with Gasteiger partial charge in [-0.25, -0.2) is 0 Å². The van der Waals surface area contributed by atoms with E-state index in [4.69, 9.17) is 10.2 Å². The van der Waals surface area contributed by atoms with E-state index < -0.39 is 0 Å². The molecule has 3 nitrogen and oxygen atoms in total. The zero-order chi connectivity index (χ0) is 10.4. The number of furan rings is 1. The van der Waals surface area contributed by atoms with Crippen LogP contribution in [0.1, 0.15) is 17.5 Å². The Morgan fingerprint density at radius 1 is 1.33 bits per heavy atom. The Morgan fingerprint density at radius 2 is 2.20 bits per heavy atom. The van der Waals surface area contributed by atoms with Gasteiger partial charge >= 0.3 is 0 Å². The lowest BCUT2D eigenvalue weighted by Gasteiger charge is -2.21. The van der Waals surface area contributed by atoms with Crippen LogP contribution in [0, 0.1) is 0 Å². The highest BCUT2D eigenvalue weighted by Crippen LogP contribution is 2.32. The zero-order valence-electron chi connectivity index (χ0n) is 8.36. The number of nitrogens with two attached hydrogens (primary N) is 1. The topological polar surface area (TPSA) is 59.4 Å². The van der Waals surface area contributed by atoms with Crippen molar-refractivity contribution in [1.29, 1.82) is 0 Å².